The fraction of sp³-hybridized carbons (Fsp3) is 0.360. The van der Waals surface area contributed by atoms with Crippen LogP contribution in [0.2, 0.25) is 0 Å². The minimum atomic E-state index is -0.137. The first-order valence-electron chi connectivity index (χ1n) is 10.4. The number of carbonyl (C=O) groups excluding carboxylic acids is 2. The first-order chi connectivity index (χ1) is 14.5. The van der Waals surface area contributed by atoms with Gasteiger partial charge in [0.15, 0.2) is 0 Å². The summed E-state index contributed by atoms with van der Waals surface area (Å²) in [5, 5.41) is 2.98. The third-order valence-corrected chi connectivity index (χ3v) is 5.38. The Balaban J connectivity index is 1.48. The number of methoxy groups -OCH3 is 1. The number of rotatable bonds is 5. The highest BCUT2D eigenvalue weighted by Gasteiger charge is 2.23. The SMILES string of the molecule is COc1ccc(NC(=O)CC[C@H]2CCCN(C(=O)C#Cc3ccccc3)C2)c(C)c1. The van der Waals surface area contributed by atoms with E-state index < -0.39 is 0 Å². The van der Waals surface area contributed by atoms with Crippen molar-refractivity contribution in [3.8, 4) is 17.6 Å². The summed E-state index contributed by atoms with van der Waals surface area (Å²) in [7, 11) is 1.62. The Morgan fingerprint density at radius 1 is 1.20 bits per heavy atom. The molecule has 2 aromatic carbocycles. The van der Waals surface area contributed by atoms with E-state index in [2.05, 4.69) is 17.2 Å². The molecule has 1 atom stereocenters. The summed E-state index contributed by atoms with van der Waals surface area (Å²) < 4.78 is 5.20. The molecule has 1 aliphatic heterocycles. The molecule has 0 saturated carbocycles. The zero-order valence-electron chi connectivity index (χ0n) is 17.6. The lowest BCUT2D eigenvalue weighted by atomic mass is 9.93. The predicted molar refractivity (Wildman–Crippen MR) is 118 cm³/mol. The van der Waals surface area contributed by atoms with Crippen LogP contribution in [0.25, 0.3) is 0 Å². The van der Waals surface area contributed by atoms with Crippen LogP contribution in [0.15, 0.2) is 48.5 Å². The molecule has 2 amide bonds. The molecule has 1 heterocycles. The summed E-state index contributed by atoms with van der Waals surface area (Å²) in [6, 6.07) is 15.1. The molecule has 156 valence electrons. The maximum Gasteiger partial charge on any atom is 0.298 e. The second-order valence-electron chi connectivity index (χ2n) is 7.64. The standard InChI is InChI=1S/C25H28N2O3/c1-19-17-22(30-2)12-13-23(19)26-24(28)14-10-21-9-6-16-27(18-21)25(29)15-11-20-7-4-3-5-8-20/h3-5,7-8,12-13,17,21H,6,9-10,14,16,18H2,1-2H3,(H,26,28)/t21-/m1/s1. The second kappa shape index (κ2) is 10.5. The van der Waals surface area contributed by atoms with Gasteiger partial charge in [-0.15, -0.1) is 0 Å². The summed E-state index contributed by atoms with van der Waals surface area (Å²) in [6.45, 7) is 3.34. The number of hydrogen-bond donors (Lipinski definition) is 1. The van der Waals surface area contributed by atoms with Gasteiger partial charge in [0.1, 0.15) is 5.75 Å². The molecule has 3 rings (SSSR count). The van der Waals surface area contributed by atoms with E-state index in [1.165, 1.54) is 0 Å². The van der Waals surface area contributed by atoms with Crippen molar-refractivity contribution in [1.82, 2.24) is 4.90 Å². The van der Waals surface area contributed by atoms with E-state index in [1.54, 1.807) is 7.11 Å². The fourth-order valence-corrected chi connectivity index (χ4v) is 3.66. The summed E-state index contributed by atoms with van der Waals surface area (Å²) in [5.74, 6) is 6.64. The lowest BCUT2D eigenvalue weighted by molar-refractivity contribution is -0.126. The van der Waals surface area contributed by atoms with E-state index in [-0.39, 0.29) is 11.8 Å². The highest BCUT2D eigenvalue weighted by Crippen LogP contribution is 2.23. The number of nitrogens with zero attached hydrogens (tertiary/aromatic N) is 1. The van der Waals surface area contributed by atoms with Crippen molar-refractivity contribution >= 4 is 17.5 Å². The molecule has 5 nitrogen and oxygen atoms in total. The van der Waals surface area contributed by atoms with Gasteiger partial charge in [0.2, 0.25) is 5.91 Å². The topological polar surface area (TPSA) is 58.6 Å². The van der Waals surface area contributed by atoms with Crippen LogP contribution < -0.4 is 10.1 Å². The average molecular weight is 405 g/mol. The van der Waals surface area contributed by atoms with Gasteiger partial charge in [0, 0.05) is 36.7 Å². The van der Waals surface area contributed by atoms with Crippen LogP contribution in [0.1, 0.15) is 36.8 Å². The van der Waals surface area contributed by atoms with Crippen molar-refractivity contribution in [2.24, 2.45) is 5.92 Å². The van der Waals surface area contributed by atoms with Gasteiger partial charge in [0.25, 0.3) is 5.91 Å². The van der Waals surface area contributed by atoms with Crippen molar-refractivity contribution in [3.05, 3.63) is 59.7 Å². The Kier molecular flexibility index (Phi) is 7.51. The molecule has 0 aromatic heterocycles. The molecular formula is C25H28N2O3. The molecule has 1 saturated heterocycles. The molecule has 1 fully saturated rings. The number of anilines is 1. The molecule has 0 bridgehead atoms. The lowest BCUT2D eigenvalue weighted by Gasteiger charge is -2.31. The molecule has 0 spiro atoms. The van der Waals surface area contributed by atoms with Gasteiger partial charge in [-0.1, -0.05) is 24.1 Å². The van der Waals surface area contributed by atoms with Gasteiger partial charge in [-0.3, -0.25) is 9.59 Å². The highest BCUT2D eigenvalue weighted by atomic mass is 16.5. The molecule has 0 unspecified atom stereocenters. The number of hydrogen-bond acceptors (Lipinski definition) is 3. The van der Waals surface area contributed by atoms with Crippen molar-refractivity contribution < 1.29 is 14.3 Å². The van der Waals surface area contributed by atoms with E-state index in [0.29, 0.717) is 18.9 Å². The Hall–Kier alpha value is -3.26. The number of aryl methyl sites for hydroxylation is 1. The zero-order valence-corrected chi connectivity index (χ0v) is 17.6. The largest absolute Gasteiger partial charge is 0.497 e. The molecule has 5 heteroatoms. The van der Waals surface area contributed by atoms with E-state index >= 15 is 0 Å². The van der Waals surface area contributed by atoms with E-state index in [1.807, 2.05) is 60.4 Å². The number of nitrogens with one attached hydrogen (secondary N) is 1. The number of benzene rings is 2. The number of amides is 2. The first kappa shape index (κ1) is 21.4. The second-order valence-corrected chi connectivity index (χ2v) is 7.64. The normalized spacial score (nSPS) is 15.7. The van der Waals surface area contributed by atoms with E-state index in [4.69, 9.17) is 4.74 Å². The smallest absolute Gasteiger partial charge is 0.298 e. The van der Waals surface area contributed by atoms with Crippen molar-refractivity contribution in [2.75, 3.05) is 25.5 Å². The van der Waals surface area contributed by atoms with E-state index in [0.717, 1.165) is 48.4 Å². The summed E-state index contributed by atoms with van der Waals surface area (Å²) in [4.78, 5) is 26.7. The minimum absolute atomic E-state index is 0.00409. The van der Waals surface area contributed by atoms with E-state index in [9.17, 15) is 9.59 Å². The van der Waals surface area contributed by atoms with Crippen LogP contribution in [-0.2, 0) is 9.59 Å². The minimum Gasteiger partial charge on any atom is -0.497 e. The fourth-order valence-electron chi connectivity index (χ4n) is 3.66. The van der Waals surface area contributed by atoms with Crippen LogP contribution >= 0.6 is 0 Å². The van der Waals surface area contributed by atoms with Gasteiger partial charge < -0.3 is 15.0 Å². The van der Waals surface area contributed by atoms with Gasteiger partial charge in [0.05, 0.1) is 7.11 Å². The Labute approximate surface area is 178 Å². The van der Waals surface area contributed by atoms with Crippen molar-refractivity contribution in [3.63, 3.8) is 0 Å². The van der Waals surface area contributed by atoms with Gasteiger partial charge in [-0.05, 0) is 68.0 Å². The molecule has 0 radical (unpaired) electrons. The van der Waals surface area contributed by atoms with Crippen LogP contribution in [0.3, 0.4) is 0 Å². The lowest BCUT2D eigenvalue weighted by Crippen LogP contribution is -2.39. The molecule has 0 aliphatic carbocycles. The number of piperidine rings is 1. The number of ether oxygens (including phenoxy) is 1. The summed E-state index contributed by atoms with van der Waals surface area (Å²) in [6.07, 6.45) is 3.18. The predicted octanol–water partition coefficient (Wildman–Crippen LogP) is 4.01. The molecule has 1 N–H and O–H groups in total. The van der Waals surface area contributed by atoms with Gasteiger partial charge in [-0.25, -0.2) is 0 Å². The third-order valence-electron chi connectivity index (χ3n) is 5.38. The monoisotopic (exact) mass is 404 g/mol. The number of likely N-dealkylation sites (tertiary alicyclic amines) is 1. The van der Waals surface area contributed by atoms with Crippen LogP contribution in [-0.4, -0.2) is 36.9 Å². The van der Waals surface area contributed by atoms with Crippen LogP contribution in [0.5, 0.6) is 5.75 Å². The van der Waals surface area contributed by atoms with Gasteiger partial charge >= 0.3 is 0 Å². The molecule has 30 heavy (non-hydrogen) atoms. The first-order valence-corrected chi connectivity index (χ1v) is 10.4. The maximum atomic E-state index is 12.4. The Bertz CT molecular complexity index is 944. The molecule has 1 aliphatic rings. The van der Waals surface area contributed by atoms with Crippen molar-refractivity contribution in [1.29, 1.82) is 0 Å². The third kappa shape index (κ3) is 6.12. The Morgan fingerprint density at radius 3 is 2.73 bits per heavy atom. The quantitative estimate of drug-likeness (QED) is 0.766. The highest BCUT2D eigenvalue weighted by molar-refractivity contribution is 5.94. The van der Waals surface area contributed by atoms with Gasteiger partial charge in [-0.2, -0.15) is 0 Å². The summed E-state index contributed by atoms with van der Waals surface area (Å²) >= 11 is 0. The zero-order chi connectivity index (χ0) is 21.3. The Morgan fingerprint density at radius 2 is 2.00 bits per heavy atom. The van der Waals surface area contributed by atoms with Crippen molar-refractivity contribution in [2.45, 2.75) is 32.6 Å². The van der Waals surface area contributed by atoms with Crippen LogP contribution in [0, 0.1) is 24.7 Å². The summed E-state index contributed by atoms with van der Waals surface area (Å²) in [5.41, 5.74) is 2.61. The maximum absolute atomic E-state index is 12.4. The molecular weight excluding hydrogens is 376 g/mol. The molecule has 2 aromatic rings. The number of carbonyl (C=O) groups is 2. The van der Waals surface area contributed by atoms with Crippen LogP contribution in [0.4, 0.5) is 5.69 Å². The average Bonchev–Trinajstić information content (AvgIpc) is 2.78.